The van der Waals surface area contributed by atoms with Gasteiger partial charge in [0.25, 0.3) is 5.91 Å². The van der Waals surface area contributed by atoms with Gasteiger partial charge in [0.1, 0.15) is 11.8 Å². The van der Waals surface area contributed by atoms with Gasteiger partial charge in [0.15, 0.2) is 6.61 Å². The number of amides is 1. The molecule has 1 aromatic heterocycles. The van der Waals surface area contributed by atoms with Crippen molar-refractivity contribution in [2.75, 3.05) is 6.61 Å². The molecule has 7 nitrogen and oxygen atoms in total. The van der Waals surface area contributed by atoms with Crippen LogP contribution >= 0.6 is 11.6 Å². The molecular weight excluding hydrogens is 418 g/mol. The molecule has 2 aromatic carbocycles. The van der Waals surface area contributed by atoms with Gasteiger partial charge < -0.3 is 9.15 Å². The number of ether oxygens (including phenoxy) is 1. The van der Waals surface area contributed by atoms with Crippen LogP contribution in [0, 0.1) is 11.3 Å². The van der Waals surface area contributed by atoms with Crippen LogP contribution in [0.15, 0.2) is 76.4 Å². The lowest BCUT2D eigenvalue weighted by Crippen LogP contribution is -2.31. The van der Waals surface area contributed by atoms with E-state index in [1.165, 1.54) is 35.5 Å². The third-order valence-corrected chi connectivity index (χ3v) is 5.04. The van der Waals surface area contributed by atoms with Crippen molar-refractivity contribution in [3.63, 3.8) is 0 Å². The number of carbonyl (C=O) groups is 2. The molecule has 0 saturated heterocycles. The van der Waals surface area contributed by atoms with E-state index in [-0.39, 0.29) is 5.56 Å². The number of benzene rings is 2. The minimum absolute atomic E-state index is 0.251. The molecule has 8 heteroatoms. The van der Waals surface area contributed by atoms with Crippen LogP contribution in [0.25, 0.3) is 0 Å². The van der Waals surface area contributed by atoms with Gasteiger partial charge in [0.2, 0.25) is 0 Å². The summed E-state index contributed by atoms with van der Waals surface area (Å²) in [6, 6.07) is 18.2. The summed E-state index contributed by atoms with van der Waals surface area (Å²) in [5.41, 5.74) is 2.21. The molecule has 1 aliphatic heterocycles. The molecule has 0 radical (unpaired) electrons. The molecule has 2 heterocycles. The molecule has 154 valence electrons. The number of hydrogen-bond acceptors (Lipinski definition) is 6. The highest BCUT2D eigenvalue weighted by Crippen LogP contribution is 2.33. The van der Waals surface area contributed by atoms with Gasteiger partial charge in [-0.2, -0.15) is 10.4 Å². The van der Waals surface area contributed by atoms with E-state index in [2.05, 4.69) is 5.10 Å². The van der Waals surface area contributed by atoms with Gasteiger partial charge in [-0.25, -0.2) is 9.80 Å². The van der Waals surface area contributed by atoms with Crippen LogP contribution < -0.4 is 0 Å². The number of esters is 1. The number of nitrogens with zero attached hydrogens (tertiary/aromatic N) is 3. The van der Waals surface area contributed by atoms with Gasteiger partial charge in [-0.3, -0.25) is 4.79 Å². The lowest BCUT2D eigenvalue weighted by Gasteiger charge is -2.19. The molecule has 0 N–H and O–H groups in total. The predicted molar refractivity (Wildman–Crippen MR) is 112 cm³/mol. The average Bonchev–Trinajstić information content (AvgIpc) is 3.48. The van der Waals surface area contributed by atoms with E-state index < -0.39 is 24.5 Å². The van der Waals surface area contributed by atoms with Crippen LogP contribution in [0.1, 0.15) is 39.7 Å². The zero-order valence-electron chi connectivity index (χ0n) is 16.2. The minimum atomic E-state index is -0.659. The standard InChI is InChI=1S/C23H16ClN3O4/c24-18-9-7-16(8-10-18)19-12-20(21-2-1-11-30-21)27(26-19)22(28)14-31-23(29)17-5-3-15(13-25)4-6-17/h1-11,20H,12,14H2. The molecule has 31 heavy (non-hydrogen) atoms. The fraction of sp³-hybridized carbons (Fsp3) is 0.130. The Balaban J connectivity index is 1.49. The molecule has 0 fully saturated rings. The van der Waals surface area contributed by atoms with E-state index >= 15 is 0 Å². The number of furan rings is 1. The predicted octanol–water partition coefficient (Wildman–Crippen LogP) is 4.34. The van der Waals surface area contributed by atoms with E-state index in [4.69, 9.17) is 26.0 Å². The Morgan fingerprint density at radius 1 is 1.16 bits per heavy atom. The highest BCUT2D eigenvalue weighted by Gasteiger charge is 2.35. The van der Waals surface area contributed by atoms with Gasteiger partial charge in [0.05, 0.1) is 29.2 Å². The van der Waals surface area contributed by atoms with E-state index in [1.54, 1.807) is 24.3 Å². The summed E-state index contributed by atoms with van der Waals surface area (Å²) in [7, 11) is 0. The van der Waals surface area contributed by atoms with Gasteiger partial charge in [0, 0.05) is 11.4 Å². The zero-order chi connectivity index (χ0) is 21.8. The number of nitriles is 1. The second kappa shape index (κ2) is 8.86. The van der Waals surface area contributed by atoms with Crippen molar-refractivity contribution in [2.24, 2.45) is 5.10 Å². The van der Waals surface area contributed by atoms with Crippen molar-refractivity contribution < 1.29 is 18.7 Å². The van der Waals surface area contributed by atoms with Gasteiger partial charge in [-0.15, -0.1) is 0 Å². The Labute approximate surface area is 183 Å². The third-order valence-electron chi connectivity index (χ3n) is 4.79. The maximum Gasteiger partial charge on any atom is 0.338 e. The number of rotatable bonds is 5. The molecular formula is C23H16ClN3O4. The zero-order valence-corrected chi connectivity index (χ0v) is 17.0. The molecule has 3 aromatic rings. The average molecular weight is 434 g/mol. The molecule has 1 unspecified atom stereocenters. The summed E-state index contributed by atoms with van der Waals surface area (Å²) in [5, 5.41) is 15.2. The summed E-state index contributed by atoms with van der Waals surface area (Å²) < 4.78 is 10.7. The van der Waals surface area contributed by atoms with E-state index in [1.807, 2.05) is 18.2 Å². The monoisotopic (exact) mass is 433 g/mol. The SMILES string of the molecule is N#Cc1ccc(C(=O)OCC(=O)N2N=C(c3ccc(Cl)cc3)CC2c2ccco2)cc1. The fourth-order valence-corrected chi connectivity index (χ4v) is 3.34. The molecule has 1 amide bonds. The Morgan fingerprint density at radius 3 is 2.55 bits per heavy atom. The summed E-state index contributed by atoms with van der Waals surface area (Å²) in [6.07, 6.45) is 1.98. The number of halogens is 1. The summed E-state index contributed by atoms with van der Waals surface area (Å²) in [6.45, 7) is -0.479. The Morgan fingerprint density at radius 2 is 1.90 bits per heavy atom. The second-order valence-electron chi connectivity index (χ2n) is 6.79. The van der Waals surface area contributed by atoms with Crippen LogP contribution in [-0.2, 0) is 9.53 Å². The molecule has 0 saturated carbocycles. The van der Waals surface area contributed by atoms with Crippen LogP contribution in [0.5, 0.6) is 0 Å². The van der Waals surface area contributed by atoms with Crippen molar-refractivity contribution in [2.45, 2.75) is 12.5 Å². The van der Waals surface area contributed by atoms with E-state index in [0.717, 1.165) is 5.56 Å². The first-order valence-corrected chi connectivity index (χ1v) is 9.79. The van der Waals surface area contributed by atoms with E-state index in [0.29, 0.717) is 28.5 Å². The highest BCUT2D eigenvalue weighted by atomic mass is 35.5. The minimum Gasteiger partial charge on any atom is -0.467 e. The molecule has 1 atom stereocenters. The normalized spacial score (nSPS) is 15.3. The molecule has 0 bridgehead atoms. The van der Waals surface area contributed by atoms with Crippen molar-refractivity contribution in [1.29, 1.82) is 5.26 Å². The third kappa shape index (κ3) is 4.49. The lowest BCUT2D eigenvalue weighted by molar-refractivity contribution is -0.136. The van der Waals surface area contributed by atoms with Gasteiger partial charge in [-0.05, 0) is 54.1 Å². The molecule has 1 aliphatic rings. The van der Waals surface area contributed by atoms with Crippen LogP contribution in [0.4, 0.5) is 0 Å². The first kappa shape index (κ1) is 20.4. The Kier molecular flexibility index (Phi) is 5.83. The van der Waals surface area contributed by atoms with Gasteiger partial charge >= 0.3 is 5.97 Å². The Bertz CT molecular complexity index is 1160. The Hall–Kier alpha value is -3.89. The molecule has 0 aliphatic carbocycles. The highest BCUT2D eigenvalue weighted by molar-refractivity contribution is 6.30. The quantitative estimate of drug-likeness (QED) is 0.557. The maximum absolute atomic E-state index is 12.9. The summed E-state index contributed by atoms with van der Waals surface area (Å²) >= 11 is 5.96. The largest absolute Gasteiger partial charge is 0.467 e. The fourth-order valence-electron chi connectivity index (χ4n) is 3.22. The first-order chi connectivity index (χ1) is 15.0. The van der Waals surface area contributed by atoms with E-state index in [9.17, 15) is 9.59 Å². The first-order valence-electron chi connectivity index (χ1n) is 9.41. The van der Waals surface area contributed by atoms with Crippen LogP contribution in [-0.4, -0.2) is 29.2 Å². The van der Waals surface area contributed by atoms with Gasteiger partial charge in [-0.1, -0.05) is 23.7 Å². The number of hydrogen-bond donors (Lipinski definition) is 0. The van der Waals surface area contributed by atoms with Crippen LogP contribution in [0.3, 0.4) is 0 Å². The summed E-state index contributed by atoms with van der Waals surface area (Å²) in [5.74, 6) is -0.555. The van der Waals surface area contributed by atoms with Crippen molar-refractivity contribution in [3.05, 3.63) is 94.4 Å². The maximum atomic E-state index is 12.9. The topological polar surface area (TPSA) is 95.9 Å². The number of carbonyl (C=O) groups excluding carboxylic acids is 2. The van der Waals surface area contributed by atoms with Crippen molar-refractivity contribution >= 4 is 29.2 Å². The van der Waals surface area contributed by atoms with Crippen molar-refractivity contribution in [3.8, 4) is 6.07 Å². The van der Waals surface area contributed by atoms with Crippen molar-refractivity contribution in [1.82, 2.24) is 5.01 Å². The summed E-state index contributed by atoms with van der Waals surface area (Å²) in [4.78, 5) is 25.1. The number of hydrazone groups is 1. The lowest BCUT2D eigenvalue weighted by atomic mass is 10.0. The smallest absolute Gasteiger partial charge is 0.338 e. The second-order valence-corrected chi connectivity index (χ2v) is 7.23. The molecule has 4 rings (SSSR count). The van der Waals surface area contributed by atoms with Crippen LogP contribution in [0.2, 0.25) is 5.02 Å². The molecule has 0 spiro atoms.